The molecule has 1 rings (SSSR count). The van der Waals surface area contributed by atoms with E-state index in [9.17, 15) is 0 Å². The van der Waals surface area contributed by atoms with Gasteiger partial charge < -0.3 is 4.74 Å². The Kier molecular flexibility index (Phi) is 5.53. The Balaban J connectivity index is 2.62. The van der Waals surface area contributed by atoms with E-state index in [1.807, 2.05) is 13.0 Å². The summed E-state index contributed by atoms with van der Waals surface area (Å²) in [5, 5.41) is 0. The van der Waals surface area contributed by atoms with Gasteiger partial charge in [0.1, 0.15) is 0 Å². The SMILES string of the molecule is CCOCCc1cc(Br)cc(CCl)c1. The van der Waals surface area contributed by atoms with E-state index in [2.05, 4.69) is 28.1 Å². The summed E-state index contributed by atoms with van der Waals surface area (Å²) in [5.74, 6) is 0.557. The number of alkyl halides is 1. The van der Waals surface area contributed by atoms with Gasteiger partial charge in [-0.05, 0) is 36.6 Å². The highest BCUT2D eigenvalue weighted by molar-refractivity contribution is 9.10. The number of rotatable bonds is 5. The molecule has 1 aromatic rings. The topological polar surface area (TPSA) is 9.23 Å². The van der Waals surface area contributed by atoms with E-state index in [0.29, 0.717) is 5.88 Å². The Bertz CT molecular complexity index is 289. The van der Waals surface area contributed by atoms with Crippen molar-refractivity contribution in [3.8, 4) is 0 Å². The van der Waals surface area contributed by atoms with Crippen LogP contribution in [0.4, 0.5) is 0 Å². The first-order valence-corrected chi connectivity index (χ1v) is 6.01. The first-order chi connectivity index (χ1) is 6.76. The third kappa shape index (κ3) is 3.99. The maximum atomic E-state index is 5.78. The van der Waals surface area contributed by atoms with Crippen LogP contribution in [0.5, 0.6) is 0 Å². The molecular weight excluding hydrogens is 263 g/mol. The summed E-state index contributed by atoms with van der Waals surface area (Å²) in [6, 6.07) is 6.27. The van der Waals surface area contributed by atoms with E-state index in [1.165, 1.54) is 5.56 Å². The van der Waals surface area contributed by atoms with Crippen molar-refractivity contribution >= 4 is 27.5 Å². The predicted molar refractivity (Wildman–Crippen MR) is 63.9 cm³/mol. The van der Waals surface area contributed by atoms with Crippen molar-refractivity contribution in [1.29, 1.82) is 0 Å². The zero-order chi connectivity index (χ0) is 10.4. The summed E-state index contributed by atoms with van der Waals surface area (Å²) < 4.78 is 6.39. The highest BCUT2D eigenvalue weighted by atomic mass is 79.9. The summed E-state index contributed by atoms with van der Waals surface area (Å²) in [5.41, 5.74) is 2.41. The second-order valence-electron chi connectivity index (χ2n) is 3.05. The first-order valence-electron chi connectivity index (χ1n) is 4.68. The molecule has 14 heavy (non-hydrogen) atoms. The van der Waals surface area contributed by atoms with Crippen LogP contribution in [0.25, 0.3) is 0 Å². The van der Waals surface area contributed by atoms with Gasteiger partial charge in [0.25, 0.3) is 0 Å². The van der Waals surface area contributed by atoms with E-state index in [0.717, 1.165) is 29.7 Å². The molecule has 0 saturated heterocycles. The quantitative estimate of drug-likeness (QED) is 0.588. The Hall–Kier alpha value is -0.0500. The van der Waals surface area contributed by atoms with Crippen molar-refractivity contribution in [2.75, 3.05) is 13.2 Å². The molecule has 0 unspecified atom stereocenters. The van der Waals surface area contributed by atoms with Gasteiger partial charge in [0.2, 0.25) is 0 Å². The molecule has 0 bridgehead atoms. The smallest absolute Gasteiger partial charge is 0.0506 e. The van der Waals surface area contributed by atoms with E-state index >= 15 is 0 Å². The molecule has 0 N–H and O–H groups in total. The van der Waals surface area contributed by atoms with Crippen molar-refractivity contribution in [2.24, 2.45) is 0 Å². The monoisotopic (exact) mass is 276 g/mol. The number of ether oxygens (including phenoxy) is 1. The standard InChI is InChI=1S/C11H14BrClO/c1-2-14-4-3-9-5-10(8-13)7-11(12)6-9/h5-7H,2-4,8H2,1H3. The van der Waals surface area contributed by atoms with Crippen LogP contribution in [-0.4, -0.2) is 13.2 Å². The largest absolute Gasteiger partial charge is 0.381 e. The third-order valence-corrected chi connectivity index (χ3v) is 2.68. The fourth-order valence-electron chi connectivity index (χ4n) is 1.27. The molecule has 78 valence electrons. The van der Waals surface area contributed by atoms with Crippen molar-refractivity contribution in [3.63, 3.8) is 0 Å². The molecule has 0 aliphatic heterocycles. The molecule has 0 heterocycles. The predicted octanol–water partition coefficient (Wildman–Crippen LogP) is 3.77. The lowest BCUT2D eigenvalue weighted by molar-refractivity contribution is 0.151. The van der Waals surface area contributed by atoms with Crippen molar-refractivity contribution in [3.05, 3.63) is 33.8 Å². The lowest BCUT2D eigenvalue weighted by Gasteiger charge is -2.05. The van der Waals surface area contributed by atoms with Gasteiger partial charge >= 0.3 is 0 Å². The molecule has 0 aliphatic rings. The highest BCUT2D eigenvalue weighted by Crippen LogP contribution is 2.17. The number of hydrogen-bond donors (Lipinski definition) is 0. The lowest BCUT2D eigenvalue weighted by Crippen LogP contribution is -1.98. The normalized spacial score (nSPS) is 10.5. The number of halogens is 2. The summed E-state index contributed by atoms with van der Waals surface area (Å²) >= 11 is 9.24. The number of benzene rings is 1. The van der Waals surface area contributed by atoms with Gasteiger partial charge in [-0.25, -0.2) is 0 Å². The van der Waals surface area contributed by atoms with Crippen molar-refractivity contribution in [1.82, 2.24) is 0 Å². The average Bonchev–Trinajstić information content (AvgIpc) is 2.17. The van der Waals surface area contributed by atoms with Crippen LogP contribution in [0.15, 0.2) is 22.7 Å². The molecule has 0 radical (unpaired) electrons. The van der Waals surface area contributed by atoms with Gasteiger partial charge in [-0.1, -0.05) is 22.0 Å². The van der Waals surface area contributed by atoms with E-state index in [-0.39, 0.29) is 0 Å². The number of hydrogen-bond acceptors (Lipinski definition) is 1. The average molecular weight is 278 g/mol. The molecular formula is C11H14BrClO. The molecule has 0 fully saturated rings. The summed E-state index contributed by atoms with van der Waals surface area (Å²) in [6.45, 7) is 3.55. The molecule has 0 aromatic heterocycles. The van der Waals surface area contributed by atoms with Gasteiger partial charge in [-0.15, -0.1) is 11.6 Å². The molecule has 1 nitrogen and oxygen atoms in total. The van der Waals surface area contributed by atoms with E-state index in [4.69, 9.17) is 16.3 Å². The second kappa shape index (κ2) is 6.44. The minimum Gasteiger partial charge on any atom is -0.381 e. The molecule has 3 heteroatoms. The Morgan fingerprint density at radius 3 is 2.64 bits per heavy atom. The minimum absolute atomic E-state index is 0.557. The van der Waals surface area contributed by atoms with E-state index < -0.39 is 0 Å². The molecule has 0 atom stereocenters. The Morgan fingerprint density at radius 2 is 2.00 bits per heavy atom. The zero-order valence-electron chi connectivity index (χ0n) is 8.22. The Morgan fingerprint density at radius 1 is 1.29 bits per heavy atom. The lowest BCUT2D eigenvalue weighted by atomic mass is 10.1. The molecule has 0 spiro atoms. The van der Waals surface area contributed by atoms with E-state index in [1.54, 1.807) is 0 Å². The molecule has 0 amide bonds. The third-order valence-electron chi connectivity index (χ3n) is 1.91. The van der Waals surface area contributed by atoms with Gasteiger partial charge in [-0.2, -0.15) is 0 Å². The molecule has 0 aliphatic carbocycles. The summed E-state index contributed by atoms with van der Waals surface area (Å²) in [6.07, 6.45) is 0.942. The molecule has 1 aromatic carbocycles. The van der Waals surface area contributed by atoms with Crippen LogP contribution >= 0.6 is 27.5 Å². The zero-order valence-corrected chi connectivity index (χ0v) is 10.6. The van der Waals surface area contributed by atoms with Crippen LogP contribution in [0.2, 0.25) is 0 Å². The van der Waals surface area contributed by atoms with Gasteiger partial charge in [-0.3, -0.25) is 0 Å². The fourth-order valence-corrected chi connectivity index (χ4v) is 2.02. The highest BCUT2D eigenvalue weighted by Gasteiger charge is 1.98. The van der Waals surface area contributed by atoms with Crippen LogP contribution in [0.1, 0.15) is 18.1 Å². The minimum atomic E-state index is 0.557. The van der Waals surface area contributed by atoms with Gasteiger partial charge in [0.05, 0.1) is 6.61 Å². The fraction of sp³-hybridized carbons (Fsp3) is 0.455. The molecule has 0 saturated carbocycles. The summed E-state index contributed by atoms with van der Waals surface area (Å²) in [7, 11) is 0. The van der Waals surface area contributed by atoms with Crippen LogP contribution in [-0.2, 0) is 17.0 Å². The van der Waals surface area contributed by atoms with Gasteiger partial charge in [0.15, 0.2) is 0 Å². The van der Waals surface area contributed by atoms with Crippen LogP contribution in [0, 0.1) is 0 Å². The maximum Gasteiger partial charge on any atom is 0.0506 e. The summed E-state index contributed by atoms with van der Waals surface area (Å²) in [4.78, 5) is 0. The van der Waals surface area contributed by atoms with Gasteiger partial charge in [0, 0.05) is 17.0 Å². The van der Waals surface area contributed by atoms with Crippen molar-refractivity contribution < 1.29 is 4.74 Å². The first kappa shape index (κ1) is 12.0. The van der Waals surface area contributed by atoms with Crippen molar-refractivity contribution in [2.45, 2.75) is 19.2 Å². The Labute approximate surface area is 98.5 Å². The maximum absolute atomic E-state index is 5.78. The van der Waals surface area contributed by atoms with Crippen LogP contribution in [0.3, 0.4) is 0 Å². The second-order valence-corrected chi connectivity index (χ2v) is 4.23. The van der Waals surface area contributed by atoms with Crippen LogP contribution < -0.4 is 0 Å².